The van der Waals surface area contributed by atoms with Crippen LogP contribution in [0.2, 0.25) is 0 Å². The molecule has 0 saturated heterocycles. The number of aliphatic hydroxyl groups is 1. The van der Waals surface area contributed by atoms with Crippen molar-refractivity contribution < 1.29 is 41.0 Å². The minimum Gasteiger partial charge on any atom is -0.466 e. The monoisotopic (exact) mass is 376 g/mol. The van der Waals surface area contributed by atoms with E-state index in [1.165, 1.54) is 7.11 Å². The van der Waals surface area contributed by atoms with Crippen LogP contribution in [0.4, 0.5) is 26.3 Å². The molecule has 0 spiro atoms. The van der Waals surface area contributed by atoms with Gasteiger partial charge in [-0.1, -0.05) is 13.0 Å². The number of methoxy groups -OCH3 is 1. The molecular formula is C16H22F6O3. The Morgan fingerprint density at radius 1 is 1.12 bits per heavy atom. The number of fused-ring (bicyclic) bond motifs is 2. The van der Waals surface area contributed by atoms with Gasteiger partial charge in [0, 0.05) is 5.57 Å². The summed E-state index contributed by atoms with van der Waals surface area (Å²) in [6.07, 6.45) is -9.95. The third-order valence-electron chi connectivity index (χ3n) is 4.91. The lowest BCUT2D eigenvalue weighted by Gasteiger charge is -2.36. The van der Waals surface area contributed by atoms with Crippen molar-refractivity contribution in [2.24, 2.45) is 17.8 Å². The Morgan fingerprint density at radius 3 is 1.88 bits per heavy atom. The first-order valence-electron chi connectivity index (χ1n) is 7.82. The van der Waals surface area contributed by atoms with E-state index in [1.807, 2.05) is 0 Å². The molecule has 25 heavy (non-hydrogen) atoms. The van der Waals surface area contributed by atoms with E-state index in [2.05, 4.69) is 11.3 Å². The van der Waals surface area contributed by atoms with Gasteiger partial charge >= 0.3 is 18.3 Å². The van der Waals surface area contributed by atoms with Crippen LogP contribution >= 0.6 is 0 Å². The fourth-order valence-corrected chi connectivity index (χ4v) is 3.57. The van der Waals surface area contributed by atoms with E-state index in [1.54, 1.807) is 6.92 Å². The van der Waals surface area contributed by atoms with E-state index in [9.17, 15) is 31.1 Å². The summed E-state index contributed by atoms with van der Waals surface area (Å²) >= 11 is 0. The summed E-state index contributed by atoms with van der Waals surface area (Å²) in [5.41, 5.74) is -4.13. The number of alkyl halides is 6. The number of hydrogen-bond donors (Lipinski definition) is 1. The van der Waals surface area contributed by atoms with Gasteiger partial charge in [0.2, 0.25) is 0 Å². The van der Waals surface area contributed by atoms with E-state index in [0.717, 1.165) is 6.42 Å². The second-order valence-electron chi connectivity index (χ2n) is 6.77. The van der Waals surface area contributed by atoms with Gasteiger partial charge in [0.05, 0.1) is 7.11 Å². The van der Waals surface area contributed by atoms with Gasteiger partial charge in [-0.15, -0.1) is 0 Å². The number of ether oxygens (including phenoxy) is 1. The molecule has 146 valence electrons. The van der Waals surface area contributed by atoms with Crippen LogP contribution in [-0.2, 0) is 9.53 Å². The van der Waals surface area contributed by atoms with E-state index in [0.29, 0.717) is 24.8 Å². The van der Waals surface area contributed by atoms with E-state index in [-0.39, 0.29) is 17.8 Å². The summed E-state index contributed by atoms with van der Waals surface area (Å²) in [4.78, 5) is 10.2. The molecule has 3 unspecified atom stereocenters. The zero-order valence-electron chi connectivity index (χ0n) is 14.0. The number of halogens is 6. The van der Waals surface area contributed by atoms with E-state index < -0.39 is 30.3 Å². The number of hydrogen-bond acceptors (Lipinski definition) is 3. The van der Waals surface area contributed by atoms with Crippen molar-refractivity contribution in [3.05, 3.63) is 12.2 Å². The molecule has 2 saturated carbocycles. The van der Waals surface area contributed by atoms with Crippen molar-refractivity contribution in [3.8, 4) is 0 Å². The van der Waals surface area contributed by atoms with Crippen molar-refractivity contribution in [1.82, 2.24) is 0 Å². The molecule has 9 heteroatoms. The van der Waals surface area contributed by atoms with Crippen molar-refractivity contribution in [2.75, 3.05) is 7.11 Å². The summed E-state index contributed by atoms with van der Waals surface area (Å²) in [6.45, 7) is 4.95. The maximum Gasteiger partial charge on any atom is 0.426 e. The largest absolute Gasteiger partial charge is 0.466 e. The topological polar surface area (TPSA) is 46.5 Å². The standard InChI is InChI=1S/C11H14F6O.C5H8O2/c12-10(13,14)9(18,11(15,16)17)5-8-4-6-1-2-7(8)3-6;1-4(2)5(6)7-3/h6-8,18H,1-5H2;1H2,2-3H3. The SMILES string of the molecule is C=C(C)C(=O)OC.OC(CC1CC2CCC1C2)(C(F)(F)F)C(F)(F)F. The molecule has 0 aliphatic heterocycles. The lowest BCUT2D eigenvalue weighted by atomic mass is 9.79. The average molecular weight is 376 g/mol. The minimum absolute atomic E-state index is 0.0915. The highest BCUT2D eigenvalue weighted by Gasteiger charge is 2.71. The van der Waals surface area contributed by atoms with Crippen LogP contribution in [0.3, 0.4) is 0 Å². The fourth-order valence-electron chi connectivity index (χ4n) is 3.57. The smallest absolute Gasteiger partial charge is 0.426 e. The molecule has 2 fully saturated rings. The molecule has 2 rings (SSSR count). The number of carbonyl (C=O) groups is 1. The predicted molar refractivity (Wildman–Crippen MR) is 77.4 cm³/mol. The molecule has 0 amide bonds. The summed E-state index contributed by atoms with van der Waals surface area (Å²) < 4.78 is 79.4. The third-order valence-corrected chi connectivity index (χ3v) is 4.91. The van der Waals surface area contributed by atoms with Crippen LogP contribution in [0.1, 0.15) is 39.0 Å². The first kappa shape index (κ1) is 21.8. The Labute approximate surface area is 142 Å². The second kappa shape index (κ2) is 7.55. The summed E-state index contributed by atoms with van der Waals surface area (Å²) in [6, 6.07) is 0. The van der Waals surface area contributed by atoms with Crippen molar-refractivity contribution in [2.45, 2.75) is 57.0 Å². The first-order valence-corrected chi connectivity index (χ1v) is 7.82. The van der Waals surface area contributed by atoms with Crippen molar-refractivity contribution in [3.63, 3.8) is 0 Å². The van der Waals surface area contributed by atoms with Gasteiger partial charge in [-0.2, -0.15) is 26.3 Å². The van der Waals surface area contributed by atoms with Gasteiger partial charge in [0.1, 0.15) is 0 Å². The molecule has 0 aromatic heterocycles. The normalized spacial score (nSPS) is 26.0. The van der Waals surface area contributed by atoms with E-state index >= 15 is 0 Å². The molecule has 0 heterocycles. The van der Waals surface area contributed by atoms with Crippen LogP contribution in [0.5, 0.6) is 0 Å². The molecule has 1 N–H and O–H groups in total. The van der Waals surface area contributed by atoms with Gasteiger partial charge in [0.15, 0.2) is 0 Å². The number of rotatable bonds is 3. The quantitative estimate of drug-likeness (QED) is 0.451. The van der Waals surface area contributed by atoms with Gasteiger partial charge in [-0.25, -0.2) is 4.79 Å². The Kier molecular flexibility index (Phi) is 6.58. The maximum absolute atomic E-state index is 12.5. The second-order valence-corrected chi connectivity index (χ2v) is 6.77. The molecule has 2 aliphatic carbocycles. The lowest BCUT2D eigenvalue weighted by molar-refractivity contribution is -0.373. The Morgan fingerprint density at radius 2 is 1.64 bits per heavy atom. The van der Waals surface area contributed by atoms with Crippen LogP contribution in [-0.4, -0.2) is 36.1 Å². The van der Waals surface area contributed by atoms with Crippen molar-refractivity contribution in [1.29, 1.82) is 0 Å². The molecular weight excluding hydrogens is 354 g/mol. The van der Waals surface area contributed by atoms with Crippen LogP contribution in [0, 0.1) is 17.8 Å². The minimum atomic E-state index is -5.67. The zero-order chi connectivity index (χ0) is 19.6. The molecule has 3 atom stereocenters. The fraction of sp³-hybridized carbons (Fsp3) is 0.812. The highest BCUT2D eigenvalue weighted by molar-refractivity contribution is 5.86. The highest BCUT2D eigenvalue weighted by atomic mass is 19.4. The van der Waals surface area contributed by atoms with Crippen LogP contribution in [0.25, 0.3) is 0 Å². The summed E-state index contributed by atoms with van der Waals surface area (Å²) in [7, 11) is 1.33. The van der Waals surface area contributed by atoms with E-state index in [4.69, 9.17) is 5.11 Å². The molecule has 2 aliphatic rings. The highest BCUT2D eigenvalue weighted by Crippen LogP contribution is 2.55. The molecule has 3 nitrogen and oxygen atoms in total. The van der Waals surface area contributed by atoms with Gasteiger partial charge in [0.25, 0.3) is 5.60 Å². The molecule has 0 radical (unpaired) electrons. The molecule has 0 aromatic rings. The molecule has 2 bridgehead atoms. The lowest BCUT2D eigenvalue weighted by Crippen LogP contribution is -2.58. The van der Waals surface area contributed by atoms with Gasteiger partial charge < -0.3 is 9.84 Å². The number of carbonyl (C=O) groups excluding carboxylic acids is 1. The summed E-state index contributed by atoms with van der Waals surface area (Å²) in [5, 5.41) is 9.12. The maximum atomic E-state index is 12.5. The van der Waals surface area contributed by atoms with Crippen LogP contribution < -0.4 is 0 Å². The zero-order valence-corrected chi connectivity index (χ0v) is 14.0. The third kappa shape index (κ3) is 4.89. The summed E-state index contributed by atoms with van der Waals surface area (Å²) in [5.74, 6) is -0.867. The Bertz CT molecular complexity index is 483. The van der Waals surface area contributed by atoms with Crippen LogP contribution in [0.15, 0.2) is 12.2 Å². The Balaban J connectivity index is 0.000000381. The van der Waals surface area contributed by atoms with Gasteiger partial charge in [-0.3, -0.25) is 0 Å². The predicted octanol–water partition coefficient (Wildman–Crippen LogP) is 4.40. The van der Waals surface area contributed by atoms with Gasteiger partial charge in [-0.05, 0) is 50.4 Å². The Hall–Kier alpha value is -1.25. The first-order chi connectivity index (χ1) is 11.2. The molecule has 0 aromatic carbocycles. The van der Waals surface area contributed by atoms with Crippen molar-refractivity contribution >= 4 is 5.97 Å². The number of esters is 1. The average Bonchev–Trinajstić information content (AvgIpc) is 3.07.